The fourth-order valence-electron chi connectivity index (χ4n) is 1.62. The molecule has 0 heterocycles. The normalized spacial score (nSPS) is 13.5. The first-order chi connectivity index (χ1) is 7.92. The van der Waals surface area contributed by atoms with Crippen LogP contribution in [-0.2, 0) is 4.89 Å². The summed E-state index contributed by atoms with van der Waals surface area (Å²) in [4.78, 5) is 10.5. The molecule has 0 amide bonds. The first kappa shape index (κ1) is 14.0. The van der Waals surface area contributed by atoms with Gasteiger partial charge in [-0.15, -0.1) is 0 Å². The molecule has 0 aromatic heterocycles. The third-order valence-electron chi connectivity index (χ3n) is 2.56. The fourth-order valence-corrected chi connectivity index (χ4v) is 1.62. The molecular formula is C15H24O2. The Morgan fingerprint density at radius 3 is 2.18 bits per heavy atom. The van der Waals surface area contributed by atoms with E-state index in [0.29, 0.717) is 5.92 Å². The predicted molar refractivity (Wildman–Crippen MR) is 71.2 cm³/mol. The van der Waals surface area contributed by atoms with Crippen molar-refractivity contribution < 1.29 is 9.78 Å². The molecule has 2 nitrogen and oxygen atoms in total. The summed E-state index contributed by atoms with van der Waals surface area (Å²) < 4.78 is 0. The Labute approximate surface area is 105 Å². The van der Waals surface area contributed by atoms with E-state index in [9.17, 15) is 0 Å². The Kier molecular flexibility index (Phi) is 5.01. The van der Waals surface area contributed by atoms with Crippen LogP contribution in [0.2, 0.25) is 0 Å². The van der Waals surface area contributed by atoms with E-state index in [2.05, 4.69) is 26.0 Å². The van der Waals surface area contributed by atoms with Crippen LogP contribution >= 0.6 is 0 Å². The van der Waals surface area contributed by atoms with Crippen molar-refractivity contribution in [2.75, 3.05) is 0 Å². The molecule has 1 aromatic carbocycles. The predicted octanol–water partition coefficient (Wildman–Crippen LogP) is 4.70. The molecule has 0 aliphatic carbocycles. The molecule has 0 radical (unpaired) electrons. The molecule has 0 aliphatic heterocycles. The monoisotopic (exact) mass is 236 g/mol. The highest BCUT2D eigenvalue weighted by molar-refractivity contribution is 5.28. The van der Waals surface area contributed by atoms with Gasteiger partial charge in [0.15, 0.2) is 5.75 Å². The molecule has 0 spiro atoms. The lowest BCUT2D eigenvalue weighted by atomic mass is 9.97. The lowest BCUT2D eigenvalue weighted by Crippen LogP contribution is -2.21. The van der Waals surface area contributed by atoms with Gasteiger partial charge >= 0.3 is 0 Å². The Morgan fingerprint density at radius 2 is 1.71 bits per heavy atom. The van der Waals surface area contributed by atoms with Crippen LogP contribution in [0.25, 0.3) is 0 Å². The summed E-state index contributed by atoms with van der Waals surface area (Å²) >= 11 is 0. The van der Waals surface area contributed by atoms with Crippen LogP contribution in [0.15, 0.2) is 24.3 Å². The van der Waals surface area contributed by atoms with Gasteiger partial charge in [-0.2, -0.15) is 4.89 Å². The molecule has 17 heavy (non-hydrogen) atoms. The molecule has 0 aliphatic rings. The fraction of sp³-hybridized carbons (Fsp3) is 0.600. The SMILES string of the molecule is CCCC(C)c1ccc(OOC(C)(C)C)cc1. The zero-order valence-electron chi connectivity index (χ0n) is 11.6. The maximum absolute atomic E-state index is 5.27. The van der Waals surface area contributed by atoms with Crippen molar-refractivity contribution in [2.45, 2.75) is 59.0 Å². The summed E-state index contributed by atoms with van der Waals surface area (Å²) in [6.07, 6.45) is 2.44. The summed E-state index contributed by atoms with van der Waals surface area (Å²) in [5, 5.41) is 0. The second-order valence-electron chi connectivity index (χ2n) is 5.54. The van der Waals surface area contributed by atoms with E-state index < -0.39 is 0 Å². The Bertz CT molecular complexity index is 322. The van der Waals surface area contributed by atoms with E-state index in [1.54, 1.807) is 0 Å². The van der Waals surface area contributed by atoms with Crippen molar-refractivity contribution in [2.24, 2.45) is 0 Å². The smallest absolute Gasteiger partial charge is 0.165 e. The first-order valence-corrected chi connectivity index (χ1v) is 6.38. The van der Waals surface area contributed by atoms with E-state index in [4.69, 9.17) is 9.78 Å². The molecule has 0 bridgehead atoms. The van der Waals surface area contributed by atoms with Gasteiger partial charge in [0.25, 0.3) is 0 Å². The van der Waals surface area contributed by atoms with E-state index in [1.807, 2.05) is 32.9 Å². The number of hydrogen-bond acceptors (Lipinski definition) is 2. The standard InChI is InChI=1S/C15H24O2/c1-6-7-12(2)13-8-10-14(11-9-13)16-17-15(3,4)5/h8-12H,6-7H2,1-5H3. The third-order valence-corrected chi connectivity index (χ3v) is 2.56. The zero-order chi connectivity index (χ0) is 12.9. The van der Waals surface area contributed by atoms with Gasteiger partial charge in [-0.25, -0.2) is 0 Å². The van der Waals surface area contributed by atoms with Gasteiger partial charge in [0.1, 0.15) is 5.60 Å². The van der Waals surface area contributed by atoms with Crippen LogP contribution in [0.3, 0.4) is 0 Å². The Morgan fingerprint density at radius 1 is 1.12 bits per heavy atom. The second kappa shape index (κ2) is 6.06. The maximum atomic E-state index is 5.27. The molecule has 1 aromatic rings. The number of rotatable bonds is 5. The molecule has 1 unspecified atom stereocenters. The molecule has 96 valence electrons. The van der Waals surface area contributed by atoms with E-state index in [-0.39, 0.29) is 5.60 Å². The summed E-state index contributed by atoms with van der Waals surface area (Å²) in [7, 11) is 0. The minimum absolute atomic E-state index is 0.284. The molecule has 0 N–H and O–H groups in total. The van der Waals surface area contributed by atoms with Crippen molar-refractivity contribution in [1.29, 1.82) is 0 Å². The quantitative estimate of drug-likeness (QED) is 0.545. The van der Waals surface area contributed by atoms with Crippen LogP contribution in [-0.4, -0.2) is 5.60 Å². The number of benzene rings is 1. The van der Waals surface area contributed by atoms with Crippen LogP contribution in [0, 0.1) is 0 Å². The molecule has 1 atom stereocenters. The molecule has 0 saturated heterocycles. The van der Waals surface area contributed by atoms with E-state index >= 15 is 0 Å². The van der Waals surface area contributed by atoms with Crippen molar-refractivity contribution >= 4 is 0 Å². The van der Waals surface area contributed by atoms with Gasteiger partial charge in [-0.1, -0.05) is 32.4 Å². The molecular weight excluding hydrogens is 212 g/mol. The van der Waals surface area contributed by atoms with Crippen molar-refractivity contribution in [3.63, 3.8) is 0 Å². The molecule has 1 rings (SSSR count). The summed E-state index contributed by atoms with van der Waals surface area (Å²) in [5.41, 5.74) is 1.07. The number of hydrogen-bond donors (Lipinski definition) is 0. The van der Waals surface area contributed by atoms with Crippen LogP contribution in [0.4, 0.5) is 0 Å². The van der Waals surface area contributed by atoms with Gasteiger partial charge in [0, 0.05) is 0 Å². The Hall–Kier alpha value is -1.02. The highest BCUT2D eigenvalue weighted by Gasteiger charge is 2.12. The lowest BCUT2D eigenvalue weighted by molar-refractivity contribution is -0.274. The molecule has 2 heteroatoms. The largest absolute Gasteiger partial charge is 0.337 e. The van der Waals surface area contributed by atoms with Crippen molar-refractivity contribution in [3.8, 4) is 5.75 Å². The average molecular weight is 236 g/mol. The average Bonchev–Trinajstić information content (AvgIpc) is 2.26. The summed E-state index contributed by atoms with van der Waals surface area (Å²) in [5.74, 6) is 1.37. The maximum Gasteiger partial charge on any atom is 0.165 e. The van der Waals surface area contributed by atoms with E-state index in [1.165, 1.54) is 18.4 Å². The topological polar surface area (TPSA) is 18.5 Å². The zero-order valence-corrected chi connectivity index (χ0v) is 11.6. The lowest BCUT2D eigenvalue weighted by Gasteiger charge is -2.18. The van der Waals surface area contributed by atoms with Crippen molar-refractivity contribution in [1.82, 2.24) is 0 Å². The first-order valence-electron chi connectivity index (χ1n) is 6.38. The van der Waals surface area contributed by atoms with Crippen LogP contribution in [0.1, 0.15) is 58.9 Å². The molecule has 0 saturated carbocycles. The van der Waals surface area contributed by atoms with Gasteiger partial charge in [0.05, 0.1) is 0 Å². The molecule has 0 fully saturated rings. The third kappa shape index (κ3) is 5.22. The highest BCUT2D eigenvalue weighted by Crippen LogP contribution is 2.23. The Balaban J connectivity index is 2.56. The summed E-state index contributed by atoms with van der Waals surface area (Å²) in [6.45, 7) is 10.4. The second-order valence-corrected chi connectivity index (χ2v) is 5.54. The van der Waals surface area contributed by atoms with Crippen LogP contribution < -0.4 is 4.89 Å². The van der Waals surface area contributed by atoms with Crippen molar-refractivity contribution in [3.05, 3.63) is 29.8 Å². The van der Waals surface area contributed by atoms with Crippen LogP contribution in [0.5, 0.6) is 5.75 Å². The van der Waals surface area contributed by atoms with Gasteiger partial charge in [-0.3, -0.25) is 0 Å². The van der Waals surface area contributed by atoms with Gasteiger partial charge in [-0.05, 0) is 50.8 Å². The highest BCUT2D eigenvalue weighted by atomic mass is 17.2. The van der Waals surface area contributed by atoms with Gasteiger partial charge in [0.2, 0.25) is 0 Å². The van der Waals surface area contributed by atoms with E-state index in [0.717, 1.165) is 5.75 Å². The van der Waals surface area contributed by atoms with Gasteiger partial charge < -0.3 is 4.89 Å². The minimum atomic E-state index is -0.284. The minimum Gasteiger partial charge on any atom is -0.337 e. The summed E-state index contributed by atoms with van der Waals surface area (Å²) in [6, 6.07) is 8.16.